The third-order valence-electron chi connectivity index (χ3n) is 3.17. The van der Waals surface area contributed by atoms with Crippen molar-refractivity contribution in [2.75, 3.05) is 11.9 Å². The fourth-order valence-corrected chi connectivity index (χ4v) is 2.74. The maximum absolute atomic E-state index is 12.3. The highest BCUT2D eigenvalue weighted by Crippen LogP contribution is 2.19. The van der Waals surface area contributed by atoms with E-state index in [2.05, 4.69) is 26.2 Å². The second kappa shape index (κ2) is 5.95. The van der Waals surface area contributed by atoms with Crippen molar-refractivity contribution in [1.29, 1.82) is 0 Å². The molecule has 1 aliphatic heterocycles. The number of nitrogens with one attached hydrogen (secondary N) is 1. The molecule has 1 aromatic heterocycles. The van der Waals surface area contributed by atoms with Crippen LogP contribution in [0, 0.1) is 5.92 Å². The lowest BCUT2D eigenvalue weighted by molar-refractivity contribution is 0.491. The molecule has 7 heteroatoms. The molecule has 0 aromatic carbocycles. The van der Waals surface area contributed by atoms with Crippen LogP contribution in [0.2, 0.25) is 0 Å². The van der Waals surface area contributed by atoms with E-state index in [0.717, 1.165) is 29.8 Å². The Hall–Kier alpha value is -1.37. The molecule has 0 unspecified atom stereocenters. The van der Waals surface area contributed by atoms with Crippen LogP contribution in [0.3, 0.4) is 0 Å². The molecule has 6 nitrogen and oxygen atoms in total. The van der Waals surface area contributed by atoms with Gasteiger partial charge in [-0.1, -0.05) is 13.8 Å². The molecule has 0 radical (unpaired) electrons. The number of hydrogen-bond acceptors (Lipinski definition) is 4. The van der Waals surface area contributed by atoms with Crippen molar-refractivity contribution in [3.63, 3.8) is 0 Å². The minimum Gasteiger partial charge on any atom is -0.329 e. The summed E-state index contributed by atoms with van der Waals surface area (Å²) in [6.45, 7) is 5.39. The number of nitrogens with zero attached hydrogens (tertiary/aromatic N) is 3. The van der Waals surface area contributed by atoms with Crippen LogP contribution in [0.4, 0.5) is 5.82 Å². The van der Waals surface area contributed by atoms with E-state index in [0.29, 0.717) is 22.8 Å². The van der Waals surface area contributed by atoms with Crippen LogP contribution >= 0.6 is 15.9 Å². The van der Waals surface area contributed by atoms with Gasteiger partial charge in [-0.15, -0.1) is 0 Å². The zero-order chi connectivity index (χ0) is 14.9. The number of rotatable bonds is 3. The van der Waals surface area contributed by atoms with E-state index >= 15 is 0 Å². The minimum atomic E-state index is -0.337. The SMILES string of the molecule is CC(C)Cn1c(NC2=NCCC2)c(Br)c(=O)n(C)c1=O. The third kappa shape index (κ3) is 2.87. The maximum Gasteiger partial charge on any atom is 0.332 e. The van der Waals surface area contributed by atoms with Crippen molar-refractivity contribution in [1.82, 2.24) is 9.13 Å². The standard InChI is InChI=1S/C13H19BrN4O2/c1-8(2)7-18-11(16-9-5-4-6-15-9)10(14)12(19)17(3)13(18)20/h8H,4-7H2,1-3H3,(H,15,16). The third-order valence-corrected chi connectivity index (χ3v) is 3.89. The summed E-state index contributed by atoms with van der Waals surface area (Å²) in [6, 6.07) is 0. The summed E-state index contributed by atoms with van der Waals surface area (Å²) in [5.41, 5.74) is -0.649. The molecule has 0 fully saturated rings. The first kappa shape index (κ1) is 15.0. The lowest BCUT2D eigenvalue weighted by Crippen LogP contribution is -2.41. The maximum atomic E-state index is 12.3. The van der Waals surface area contributed by atoms with Crippen LogP contribution in [0.1, 0.15) is 26.7 Å². The number of amidine groups is 1. The van der Waals surface area contributed by atoms with E-state index < -0.39 is 0 Å². The number of hydrogen-bond donors (Lipinski definition) is 1. The average Bonchev–Trinajstić information content (AvgIpc) is 2.90. The van der Waals surface area contributed by atoms with Gasteiger partial charge >= 0.3 is 5.69 Å². The van der Waals surface area contributed by atoms with Gasteiger partial charge in [0.2, 0.25) is 0 Å². The van der Waals surface area contributed by atoms with Gasteiger partial charge in [0.15, 0.2) is 0 Å². The Morgan fingerprint density at radius 1 is 1.40 bits per heavy atom. The first-order valence-electron chi connectivity index (χ1n) is 6.71. The molecule has 1 N–H and O–H groups in total. The second-order valence-corrected chi connectivity index (χ2v) is 6.16. The number of halogens is 1. The average molecular weight is 343 g/mol. The first-order valence-corrected chi connectivity index (χ1v) is 7.50. The van der Waals surface area contributed by atoms with Crippen LogP contribution in [0.25, 0.3) is 0 Å². The van der Waals surface area contributed by atoms with Crippen LogP contribution in [-0.4, -0.2) is 21.5 Å². The first-order chi connectivity index (χ1) is 9.41. The van der Waals surface area contributed by atoms with Crippen molar-refractivity contribution in [2.24, 2.45) is 18.0 Å². The van der Waals surface area contributed by atoms with E-state index in [9.17, 15) is 9.59 Å². The lowest BCUT2D eigenvalue weighted by Gasteiger charge is -2.18. The highest BCUT2D eigenvalue weighted by atomic mass is 79.9. The topological polar surface area (TPSA) is 68.4 Å². The normalized spacial score (nSPS) is 14.8. The predicted octanol–water partition coefficient (Wildman–Crippen LogP) is 1.57. The summed E-state index contributed by atoms with van der Waals surface area (Å²) in [4.78, 5) is 28.7. The summed E-state index contributed by atoms with van der Waals surface area (Å²) >= 11 is 3.30. The number of aliphatic imine (C=N–C) groups is 1. The van der Waals surface area contributed by atoms with Gasteiger partial charge in [-0.05, 0) is 28.3 Å². The summed E-state index contributed by atoms with van der Waals surface area (Å²) in [5, 5.41) is 3.14. The Bertz CT molecular complexity index is 658. The summed E-state index contributed by atoms with van der Waals surface area (Å²) in [6.07, 6.45) is 1.84. The van der Waals surface area contributed by atoms with Gasteiger partial charge < -0.3 is 5.32 Å². The zero-order valence-corrected chi connectivity index (χ0v) is 13.5. The van der Waals surface area contributed by atoms with Crippen LogP contribution in [0.15, 0.2) is 19.1 Å². The van der Waals surface area contributed by atoms with Gasteiger partial charge in [-0.25, -0.2) is 4.79 Å². The minimum absolute atomic E-state index is 0.295. The van der Waals surface area contributed by atoms with Gasteiger partial charge in [0, 0.05) is 26.6 Å². The molecule has 0 saturated carbocycles. The molecule has 0 saturated heterocycles. The van der Waals surface area contributed by atoms with Gasteiger partial charge in [0.05, 0.1) is 0 Å². The molecule has 0 aliphatic carbocycles. The molecule has 0 amide bonds. The van der Waals surface area contributed by atoms with Crippen molar-refractivity contribution >= 4 is 27.6 Å². The molecule has 20 heavy (non-hydrogen) atoms. The van der Waals surface area contributed by atoms with Crippen molar-refractivity contribution in [3.8, 4) is 0 Å². The number of anilines is 1. The van der Waals surface area contributed by atoms with E-state index in [1.165, 1.54) is 7.05 Å². The van der Waals surface area contributed by atoms with Crippen LogP contribution in [0.5, 0.6) is 0 Å². The van der Waals surface area contributed by atoms with E-state index in [-0.39, 0.29) is 11.2 Å². The molecule has 110 valence electrons. The molecular formula is C13H19BrN4O2. The Labute approximate surface area is 125 Å². The van der Waals surface area contributed by atoms with Crippen molar-refractivity contribution in [2.45, 2.75) is 33.2 Å². The Balaban J connectivity index is 2.56. The molecule has 2 rings (SSSR count). The van der Waals surface area contributed by atoms with E-state index in [1.807, 2.05) is 13.8 Å². The molecule has 0 atom stereocenters. The molecule has 1 aromatic rings. The quantitative estimate of drug-likeness (QED) is 0.906. The molecular weight excluding hydrogens is 324 g/mol. The van der Waals surface area contributed by atoms with E-state index in [1.54, 1.807) is 4.57 Å². The fourth-order valence-electron chi connectivity index (χ4n) is 2.17. The summed E-state index contributed by atoms with van der Waals surface area (Å²) in [5.74, 6) is 1.63. The molecule has 0 spiro atoms. The number of aromatic nitrogens is 2. The molecule has 2 heterocycles. The van der Waals surface area contributed by atoms with Crippen molar-refractivity contribution < 1.29 is 0 Å². The Kier molecular flexibility index (Phi) is 4.47. The molecule has 0 bridgehead atoms. The van der Waals surface area contributed by atoms with E-state index in [4.69, 9.17) is 0 Å². The van der Waals surface area contributed by atoms with Crippen LogP contribution < -0.4 is 16.6 Å². The monoisotopic (exact) mass is 342 g/mol. The van der Waals surface area contributed by atoms with Gasteiger partial charge in [0.1, 0.15) is 16.1 Å². The zero-order valence-electron chi connectivity index (χ0n) is 11.9. The highest BCUT2D eigenvalue weighted by Gasteiger charge is 2.18. The Morgan fingerprint density at radius 3 is 2.65 bits per heavy atom. The summed E-state index contributed by atoms with van der Waals surface area (Å²) < 4.78 is 3.08. The van der Waals surface area contributed by atoms with Gasteiger partial charge in [-0.3, -0.25) is 18.9 Å². The predicted molar refractivity (Wildman–Crippen MR) is 83.6 cm³/mol. The van der Waals surface area contributed by atoms with Gasteiger partial charge in [0.25, 0.3) is 5.56 Å². The largest absolute Gasteiger partial charge is 0.332 e. The van der Waals surface area contributed by atoms with Crippen molar-refractivity contribution in [3.05, 3.63) is 25.3 Å². The summed E-state index contributed by atoms with van der Waals surface area (Å²) in [7, 11) is 1.49. The molecule has 1 aliphatic rings. The lowest BCUT2D eigenvalue weighted by atomic mass is 10.2. The van der Waals surface area contributed by atoms with Gasteiger partial charge in [-0.2, -0.15) is 0 Å². The highest BCUT2D eigenvalue weighted by molar-refractivity contribution is 9.10. The Morgan fingerprint density at radius 2 is 2.10 bits per heavy atom. The van der Waals surface area contributed by atoms with Crippen LogP contribution in [-0.2, 0) is 13.6 Å². The fraction of sp³-hybridized carbons (Fsp3) is 0.615. The second-order valence-electron chi connectivity index (χ2n) is 5.37. The smallest absolute Gasteiger partial charge is 0.329 e.